The van der Waals surface area contributed by atoms with Gasteiger partial charge in [-0.3, -0.25) is 0 Å². The van der Waals surface area contributed by atoms with Crippen LogP contribution in [0.4, 0.5) is 4.79 Å². The molecule has 0 radical (unpaired) electrons. The van der Waals surface area contributed by atoms with Gasteiger partial charge in [0.25, 0.3) is 0 Å². The highest BCUT2D eigenvalue weighted by Gasteiger charge is 2.04. The number of carbonyl (C=O) groups excluding carboxylic acids is 1. The molecule has 2 amide bonds. The Labute approximate surface area is 95.9 Å². The lowest BCUT2D eigenvalue weighted by molar-refractivity contribution is 0.245. The van der Waals surface area contributed by atoms with Crippen molar-refractivity contribution in [2.24, 2.45) is 0 Å². The quantitative estimate of drug-likeness (QED) is 0.697. The van der Waals surface area contributed by atoms with Crippen LogP contribution < -0.4 is 10.6 Å². The molecule has 0 fully saturated rings. The lowest BCUT2D eigenvalue weighted by atomic mass is 10.1. The fourth-order valence-corrected chi connectivity index (χ4v) is 1.26. The number of allylic oxidation sites excluding steroid dienone is 7. The van der Waals surface area contributed by atoms with Gasteiger partial charge in [0, 0.05) is 11.4 Å². The van der Waals surface area contributed by atoms with Crippen LogP contribution in [-0.4, -0.2) is 6.03 Å². The van der Waals surface area contributed by atoms with Crippen molar-refractivity contribution in [1.82, 2.24) is 10.6 Å². The highest BCUT2D eigenvalue weighted by Crippen LogP contribution is 2.08. The summed E-state index contributed by atoms with van der Waals surface area (Å²) in [7, 11) is 0. The molecule has 1 aliphatic rings. The number of rotatable bonds is 4. The molecule has 0 aromatic heterocycles. The molecule has 1 aliphatic carbocycles. The van der Waals surface area contributed by atoms with E-state index in [-0.39, 0.29) is 6.03 Å². The molecule has 0 spiro atoms. The summed E-state index contributed by atoms with van der Waals surface area (Å²) in [6, 6.07) is -0.264. The maximum absolute atomic E-state index is 11.5. The average Bonchev–Trinajstić information content (AvgIpc) is 2.27. The van der Waals surface area contributed by atoms with Crippen LogP contribution >= 0.6 is 0 Å². The number of urea groups is 1. The lowest BCUT2D eigenvalue weighted by Crippen LogP contribution is -2.33. The minimum atomic E-state index is -0.264. The van der Waals surface area contributed by atoms with Crippen LogP contribution in [0.25, 0.3) is 0 Å². The highest BCUT2D eigenvalue weighted by atomic mass is 16.2. The predicted octanol–water partition coefficient (Wildman–Crippen LogP) is 2.78. The van der Waals surface area contributed by atoms with E-state index in [0.717, 1.165) is 18.5 Å². The zero-order chi connectivity index (χ0) is 11.8. The minimum absolute atomic E-state index is 0.264. The fraction of sp³-hybridized carbons (Fsp3) is 0.154. The molecule has 0 saturated heterocycles. The van der Waals surface area contributed by atoms with Gasteiger partial charge in [-0.25, -0.2) is 4.79 Å². The summed E-state index contributed by atoms with van der Waals surface area (Å²) in [6.07, 6.45) is 12.7. The van der Waals surface area contributed by atoms with E-state index in [1.54, 1.807) is 18.2 Å². The van der Waals surface area contributed by atoms with Crippen molar-refractivity contribution < 1.29 is 4.79 Å². The second-order valence-corrected chi connectivity index (χ2v) is 3.36. The first kappa shape index (κ1) is 12.0. The monoisotopic (exact) mass is 216 g/mol. The molecule has 1 rings (SSSR count). The van der Waals surface area contributed by atoms with Crippen molar-refractivity contribution >= 4 is 6.03 Å². The zero-order valence-electron chi connectivity index (χ0n) is 9.20. The number of carbonyl (C=O) groups is 1. The number of amides is 2. The van der Waals surface area contributed by atoms with E-state index in [1.807, 2.05) is 12.2 Å². The summed E-state index contributed by atoms with van der Waals surface area (Å²) in [4.78, 5) is 11.5. The van der Waals surface area contributed by atoms with Crippen molar-refractivity contribution in [2.45, 2.75) is 12.8 Å². The average molecular weight is 216 g/mol. The summed E-state index contributed by atoms with van der Waals surface area (Å²) in [5, 5.41) is 5.38. The topological polar surface area (TPSA) is 41.1 Å². The molecule has 84 valence electrons. The standard InChI is InChI=1S/C13H16N2O/c1-3-4-8-11(2)14-13(16)15-12-9-6-5-7-10-12/h3-6,8-9H,1-2,7,10H2,(H2,14,15,16)/b8-4-. The Balaban J connectivity index is 2.38. The highest BCUT2D eigenvalue weighted by molar-refractivity contribution is 5.78. The third kappa shape index (κ3) is 4.46. The van der Waals surface area contributed by atoms with E-state index in [0.29, 0.717) is 5.70 Å². The Morgan fingerprint density at radius 2 is 2.31 bits per heavy atom. The van der Waals surface area contributed by atoms with Crippen LogP contribution in [0.5, 0.6) is 0 Å². The lowest BCUT2D eigenvalue weighted by Gasteiger charge is -2.11. The van der Waals surface area contributed by atoms with Crippen molar-refractivity contribution in [3.63, 3.8) is 0 Å². The number of hydrogen-bond acceptors (Lipinski definition) is 1. The van der Waals surface area contributed by atoms with E-state index in [1.165, 1.54) is 0 Å². The molecule has 0 aromatic rings. The molecule has 0 heterocycles. The largest absolute Gasteiger partial charge is 0.323 e. The van der Waals surface area contributed by atoms with E-state index in [9.17, 15) is 4.79 Å². The van der Waals surface area contributed by atoms with Crippen LogP contribution in [0.2, 0.25) is 0 Å². The summed E-state index contributed by atoms with van der Waals surface area (Å²) in [5.41, 5.74) is 1.45. The first-order valence-corrected chi connectivity index (χ1v) is 5.14. The Kier molecular flexibility index (Phi) is 4.86. The van der Waals surface area contributed by atoms with Gasteiger partial charge in [0.15, 0.2) is 0 Å². The van der Waals surface area contributed by atoms with Gasteiger partial charge in [-0.2, -0.15) is 0 Å². The van der Waals surface area contributed by atoms with Gasteiger partial charge in [0.1, 0.15) is 0 Å². The number of nitrogens with one attached hydrogen (secondary N) is 2. The van der Waals surface area contributed by atoms with Crippen molar-refractivity contribution in [3.8, 4) is 0 Å². The van der Waals surface area contributed by atoms with E-state index in [4.69, 9.17) is 0 Å². The van der Waals surface area contributed by atoms with Gasteiger partial charge in [-0.1, -0.05) is 37.5 Å². The molecule has 0 unspecified atom stereocenters. The molecule has 16 heavy (non-hydrogen) atoms. The molecular formula is C13H16N2O. The smallest absolute Gasteiger partial charge is 0.312 e. The predicted molar refractivity (Wildman–Crippen MR) is 66.6 cm³/mol. The summed E-state index contributed by atoms with van der Waals surface area (Å²) >= 11 is 0. The fourth-order valence-electron chi connectivity index (χ4n) is 1.26. The van der Waals surface area contributed by atoms with Crippen molar-refractivity contribution in [3.05, 3.63) is 61.0 Å². The molecule has 3 nitrogen and oxygen atoms in total. The van der Waals surface area contributed by atoms with Crippen LogP contribution in [-0.2, 0) is 0 Å². The minimum Gasteiger partial charge on any atom is -0.312 e. The van der Waals surface area contributed by atoms with Crippen LogP contribution in [0.3, 0.4) is 0 Å². The molecule has 0 aromatic carbocycles. The zero-order valence-corrected chi connectivity index (χ0v) is 9.20. The van der Waals surface area contributed by atoms with Gasteiger partial charge in [-0.05, 0) is 25.0 Å². The SMILES string of the molecule is C=C/C=C\C(=C)NC(=O)NC1=CC=CCC1. The van der Waals surface area contributed by atoms with Crippen LogP contribution in [0.15, 0.2) is 61.0 Å². The second-order valence-electron chi connectivity index (χ2n) is 3.36. The summed E-state index contributed by atoms with van der Waals surface area (Å²) in [5.74, 6) is 0. The Hall–Kier alpha value is -2.03. The molecule has 3 heteroatoms. The molecule has 0 bridgehead atoms. The second kappa shape index (κ2) is 6.45. The third-order valence-corrected chi connectivity index (χ3v) is 2.00. The van der Waals surface area contributed by atoms with E-state index in [2.05, 4.69) is 29.9 Å². The van der Waals surface area contributed by atoms with Gasteiger partial charge in [-0.15, -0.1) is 0 Å². The van der Waals surface area contributed by atoms with Gasteiger partial charge in [0.2, 0.25) is 0 Å². The molecule has 0 aliphatic heterocycles. The van der Waals surface area contributed by atoms with E-state index < -0.39 is 0 Å². The molecule has 0 saturated carbocycles. The van der Waals surface area contributed by atoms with Gasteiger partial charge >= 0.3 is 6.03 Å². The summed E-state index contributed by atoms with van der Waals surface area (Å²) in [6.45, 7) is 7.22. The molecule has 2 N–H and O–H groups in total. The normalized spacial score (nSPS) is 14.4. The van der Waals surface area contributed by atoms with Crippen molar-refractivity contribution in [1.29, 1.82) is 0 Å². The summed E-state index contributed by atoms with van der Waals surface area (Å²) < 4.78 is 0. The number of hydrogen-bond donors (Lipinski definition) is 2. The Morgan fingerprint density at radius 1 is 1.50 bits per heavy atom. The van der Waals surface area contributed by atoms with Crippen molar-refractivity contribution in [2.75, 3.05) is 0 Å². The van der Waals surface area contributed by atoms with E-state index >= 15 is 0 Å². The Bertz CT molecular complexity index is 375. The van der Waals surface area contributed by atoms with Crippen LogP contribution in [0.1, 0.15) is 12.8 Å². The molecule has 0 atom stereocenters. The first-order valence-electron chi connectivity index (χ1n) is 5.14. The van der Waals surface area contributed by atoms with Gasteiger partial charge < -0.3 is 10.6 Å². The molecular weight excluding hydrogens is 200 g/mol. The maximum Gasteiger partial charge on any atom is 0.323 e. The maximum atomic E-state index is 11.5. The van der Waals surface area contributed by atoms with Crippen LogP contribution in [0, 0.1) is 0 Å². The first-order chi connectivity index (χ1) is 7.72. The third-order valence-electron chi connectivity index (χ3n) is 2.00. The van der Waals surface area contributed by atoms with Gasteiger partial charge in [0.05, 0.1) is 0 Å². The Morgan fingerprint density at radius 3 is 2.94 bits per heavy atom.